The van der Waals surface area contributed by atoms with E-state index in [4.69, 9.17) is 5.11 Å². The number of aromatic amines is 1. The number of H-pyrrole nitrogens is 1. The molecule has 136 valence electrons. The van der Waals surface area contributed by atoms with Crippen molar-refractivity contribution >= 4 is 27.5 Å². The third kappa shape index (κ3) is 3.32. The Kier molecular flexibility index (Phi) is 4.31. The number of hydrogen-bond donors (Lipinski definition) is 2. The summed E-state index contributed by atoms with van der Waals surface area (Å²) in [6.07, 6.45) is -4.95. The summed E-state index contributed by atoms with van der Waals surface area (Å²) in [6.45, 7) is 1.47. The Labute approximate surface area is 146 Å². The summed E-state index contributed by atoms with van der Waals surface area (Å²) in [4.78, 5) is 30.0. The molecule has 0 bridgehead atoms. The van der Waals surface area contributed by atoms with E-state index in [1.807, 2.05) is 0 Å². The number of carboxylic acid groups (broad SMARTS) is 1. The van der Waals surface area contributed by atoms with Crippen LogP contribution in [0.4, 0.5) is 17.6 Å². The third-order valence-electron chi connectivity index (χ3n) is 3.70. The molecule has 0 aliphatic carbocycles. The van der Waals surface area contributed by atoms with Gasteiger partial charge in [-0.1, -0.05) is 0 Å². The topological polar surface area (TPSA) is 83.0 Å². The SMILES string of the molecule is Cc1c(C(=O)O)sc2nc(Cc3cc(F)cc(C(F)(F)F)c3)[nH]c(=O)c12. The highest BCUT2D eigenvalue weighted by Crippen LogP contribution is 2.31. The van der Waals surface area contributed by atoms with Crippen molar-refractivity contribution in [1.29, 1.82) is 0 Å². The number of thiophene rings is 1. The van der Waals surface area contributed by atoms with E-state index in [1.165, 1.54) is 6.92 Å². The second-order valence-corrected chi connectivity index (χ2v) is 6.58. The van der Waals surface area contributed by atoms with Gasteiger partial charge in [0.1, 0.15) is 21.3 Å². The van der Waals surface area contributed by atoms with Gasteiger partial charge >= 0.3 is 12.1 Å². The molecule has 0 saturated carbocycles. The lowest BCUT2D eigenvalue weighted by Gasteiger charge is -2.09. The number of rotatable bonds is 3. The average molecular weight is 386 g/mol. The normalized spacial score (nSPS) is 11.9. The number of alkyl halides is 3. The van der Waals surface area contributed by atoms with E-state index in [2.05, 4.69) is 9.97 Å². The van der Waals surface area contributed by atoms with Crippen LogP contribution in [0.25, 0.3) is 10.2 Å². The first kappa shape index (κ1) is 18.1. The lowest BCUT2D eigenvalue weighted by Crippen LogP contribution is -2.12. The number of carbonyl (C=O) groups is 1. The molecule has 2 aromatic heterocycles. The van der Waals surface area contributed by atoms with Crippen LogP contribution in [0.15, 0.2) is 23.0 Å². The van der Waals surface area contributed by atoms with Crippen LogP contribution >= 0.6 is 11.3 Å². The monoisotopic (exact) mass is 386 g/mol. The fourth-order valence-corrected chi connectivity index (χ4v) is 3.63. The highest BCUT2D eigenvalue weighted by atomic mass is 32.1. The highest BCUT2D eigenvalue weighted by molar-refractivity contribution is 7.20. The molecule has 0 atom stereocenters. The first-order valence-corrected chi connectivity index (χ1v) is 8.00. The zero-order valence-electron chi connectivity index (χ0n) is 13.1. The molecule has 0 radical (unpaired) electrons. The first-order valence-electron chi connectivity index (χ1n) is 7.18. The highest BCUT2D eigenvalue weighted by Gasteiger charge is 2.31. The second-order valence-electron chi connectivity index (χ2n) is 5.58. The molecule has 0 fully saturated rings. The average Bonchev–Trinajstić information content (AvgIpc) is 2.83. The standard InChI is InChI=1S/C16H10F4N2O3S/c1-6-11-13(23)21-10(22-14(11)26-12(6)15(24)25)4-7-2-8(16(18,19)20)5-9(17)3-7/h2-3,5H,4H2,1H3,(H,24,25)(H,21,22,23). The van der Waals surface area contributed by atoms with Gasteiger partial charge in [-0.05, 0) is 36.2 Å². The number of halogens is 4. The number of aromatic carboxylic acids is 1. The minimum absolute atomic E-state index is 0.0133. The van der Waals surface area contributed by atoms with Gasteiger partial charge in [0.25, 0.3) is 5.56 Å². The molecule has 0 aliphatic heterocycles. The van der Waals surface area contributed by atoms with Gasteiger partial charge in [0, 0.05) is 6.42 Å². The minimum atomic E-state index is -4.71. The Hall–Kier alpha value is -2.75. The summed E-state index contributed by atoms with van der Waals surface area (Å²) in [5.41, 5.74) is -1.50. The van der Waals surface area contributed by atoms with Crippen LogP contribution in [0.2, 0.25) is 0 Å². The Balaban J connectivity index is 2.06. The molecule has 2 heterocycles. The van der Waals surface area contributed by atoms with Gasteiger partial charge < -0.3 is 10.1 Å². The van der Waals surface area contributed by atoms with E-state index in [1.54, 1.807) is 0 Å². The van der Waals surface area contributed by atoms with E-state index < -0.39 is 29.1 Å². The number of benzene rings is 1. The number of hydrogen-bond acceptors (Lipinski definition) is 4. The summed E-state index contributed by atoms with van der Waals surface area (Å²) in [5, 5.41) is 9.24. The number of nitrogens with zero attached hydrogens (tertiary/aromatic N) is 1. The van der Waals surface area contributed by atoms with Crippen molar-refractivity contribution in [2.45, 2.75) is 19.5 Å². The lowest BCUT2D eigenvalue weighted by molar-refractivity contribution is -0.137. The minimum Gasteiger partial charge on any atom is -0.477 e. The lowest BCUT2D eigenvalue weighted by atomic mass is 10.1. The zero-order chi connectivity index (χ0) is 19.2. The van der Waals surface area contributed by atoms with Gasteiger partial charge in [-0.3, -0.25) is 4.79 Å². The Morgan fingerprint density at radius 2 is 2.00 bits per heavy atom. The molecule has 0 spiro atoms. The van der Waals surface area contributed by atoms with Gasteiger partial charge in [0.05, 0.1) is 10.9 Å². The second kappa shape index (κ2) is 6.20. The summed E-state index contributed by atoms with van der Waals surface area (Å²) >= 11 is 0.797. The van der Waals surface area contributed by atoms with Gasteiger partial charge in [-0.2, -0.15) is 13.2 Å². The molecule has 3 aromatic rings. The molecule has 1 aromatic carbocycles. The maximum atomic E-state index is 13.5. The van der Waals surface area contributed by atoms with E-state index in [0.29, 0.717) is 6.07 Å². The maximum Gasteiger partial charge on any atom is 0.416 e. The number of aryl methyl sites for hydroxylation is 1. The van der Waals surface area contributed by atoms with Crippen molar-refractivity contribution in [3.8, 4) is 0 Å². The van der Waals surface area contributed by atoms with Crippen LogP contribution in [0, 0.1) is 12.7 Å². The van der Waals surface area contributed by atoms with Crippen LogP contribution < -0.4 is 5.56 Å². The molecule has 0 saturated heterocycles. The van der Waals surface area contributed by atoms with Crippen molar-refractivity contribution in [2.75, 3.05) is 0 Å². The summed E-state index contributed by atoms with van der Waals surface area (Å²) in [6, 6.07) is 2.07. The van der Waals surface area contributed by atoms with E-state index in [9.17, 15) is 27.2 Å². The Morgan fingerprint density at radius 3 is 2.62 bits per heavy atom. The molecule has 0 unspecified atom stereocenters. The smallest absolute Gasteiger partial charge is 0.416 e. The molecule has 3 rings (SSSR count). The zero-order valence-corrected chi connectivity index (χ0v) is 13.9. The predicted octanol–water partition coefficient (Wildman–Crippen LogP) is 3.74. The maximum absolute atomic E-state index is 13.5. The molecular formula is C16H10F4N2O3S. The fraction of sp³-hybridized carbons (Fsp3) is 0.188. The molecule has 0 aliphatic rings. The van der Waals surface area contributed by atoms with Crippen LogP contribution in [-0.2, 0) is 12.6 Å². The summed E-state index contributed by atoms with van der Waals surface area (Å²) in [7, 11) is 0. The van der Waals surface area contributed by atoms with Crippen molar-refractivity contribution in [3.05, 3.63) is 61.8 Å². The van der Waals surface area contributed by atoms with Crippen molar-refractivity contribution in [3.63, 3.8) is 0 Å². The van der Waals surface area contributed by atoms with E-state index in [-0.39, 0.29) is 38.5 Å². The molecular weight excluding hydrogens is 376 g/mol. The van der Waals surface area contributed by atoms with Gasteiger partial charge in [-0.15, -0.1) is 11.3 Å². The molecule has 26 heavy (non-hydrogen) atoms. The largest absolute Gasteiger partial charge is 0.477 e. The van der Waals surface area contributed by atoms with E-state index >= 15 is 0 Å². The fourth-order valence-electron chi connectivity index (χ4n) is 2.59. The van der Waals surface area contributed by atoms with Gasteiger partial charge in [0.2, 0.25) is 0 Å². The number of fused-ring (bicyclic) bond motifs is 1. The van der Waals surface area contributed by atoms with Gasteiger partial charge in [-0.25, -0.2) is 14.2 Å². The van der Waals surface area contributed by atoms with Crippen LogP contribution in [0.3, 0.4) is 0 Å². The van der Waals surface area contributed by atoms with E-state index in [0.717, 1.165) is 23.5 Å². The van der Waals surface area contributed by atoms with Gasteiger partial charge in [0.15, 0.2) is 0 Å². The van der Waals surface area contributed by atoms with Crippen molar-refractivity contribution in [2.24, 2.45) is 0 Å². The third-order valence-corrected chi connectivity index (χ3v) is 4.87. The molecule has 0 amide bonds. The van der Waals surface area contributed by atoms with Crippen molar-refractivity contribution in [1.82, 2.24) is 9.97 Å². The van der Waals surface area contributed by atoms with Crippen LogP contribution in [0.5, 0.6) is 0 Å². The Bertz CT molecular complexity index is 1090. The first-order chi connectivity index (χ1) is 12.1. The summed E-state index contributed by atoms with van der Waals surface area (Å²) < 4.78 is 51.8. The molecule has 2 N–H and O–H groups in total. The van der Waals surface area contributed by atoms with Crippen molar-refractivity contribution < 1.29 is 27.5 Å². The predicted molar refractivity (Wildman–Crippen MR) is 86.1 cm³/mol. The quantitative estimate of drug-likeness (QED) is 0.672. The Morgan fingerprint density at radius 1 is 1.31 bits per heavy atom. The molecule has 5 nitrogen and oxygen atoms in total. The number of carboxylic acids is 1. The number of nitrogens with one attached hydrogen (secondary N) is 1. The van der Waals surface area contributed by atoms with Crippen LogP contribution in [-0.4, -0.2) is 21.0 Å². The van der Waals surface area contributed by atoms with Crippen LogP contribution in [0.1, 0.15) is 32.2 Å². The molecule has 10 heteroatoms. The number of aromatic nitrogens is 2. The summed E-state index contributed by atoms with van der Waals surface area (Å²) in [5.74, 6) is -2.25.